The summed E-state index contributed by atoms with van der Waals surface area (Å²) in [5.74, 6) is 0. The van der Waals surface area contributed by atoms with Gasteiger partial charge in [-0.25, -0.2) is 4.79 Å². The fourth-order valence-corrected chi connectivity index (χ4v) is 2.70. The van der Waals surface area contributed by atoms with Crippen LogP contribution < -0.4 is 11.2 Å². The number of nitrogens with one attached hydrogen (secondary N) is 1. The van der Waals surface area contributed by atoms with Crippen molar-refractivity contribution in [3.05, 3.63) is 99.5 Å². The Balaban J connectivity index is 1.80. The zero-order valence-corrected chi connectivity index (χ0v) is 13.2. The number of H-pyrrole nitrogens is 1. The van der Waals surface area contributed by atoms with Crippen LogP contribution in [0.4, 0.5) is 0 Å². The van der Waals surface area contributed by atoms with Crippen LogP contribution in [0, 0.1) is 0 Å². The van der Waals surface area contributed by atoms with Crippen LogP contribution in [0.5, 0.6) is 0 Å². The zero-order valence-electron chi connectivity index (χ0n) is 13.2. The number of nitrogens with zero attached hydrogens (tertiary/aromatic N) is 3. The molecule has 2 heterocycles. The lowest BCUT2D eigenvalue weighted by molar-refractivity contribution is 0.770. The lowest BCUT2D eigenvalue weighted by atomic mass is 10.2. The van der Waals surface area contributed by atoms with E-state index < -0.39 is 11.2 Å². The maximum Gasteiger partial charge on any atom is 0.349 e. The van der Waals surface area contributed by atoms with E-state index in [1.54, 1.807) is 24.3 Å². The topological polar surface area (TPSA) is 72.2 Å². The van der Waals surface area contributed by atoms with E-state index in [-0.39, 0.29) is 0 Å². The number of aromatic amines is 1. The van der Waals surface area contributed by atoms with Crippen molar-refractivity contribution in [1.82, 2.24) is 14.2 Å². The van der Waals surface area contributed by atoms with Gasteiger partial charge in [0.2, 0.25) is 0 Å². The molecule has 0 aliphatic heterocycles. The normalized spacial score (nSPS) is 11.4. The number of hydrogen-bond acceptors (Lipinski definition) is 3. The second kappa shape index (κ2) is 6.09. The molecule has 0 unspecified atom stereocenters. The molecule has 25 heavy (non-hydrogen) atoms. The molecule has 122 valence electrons. The first-order valence-corrected chi connectivity index (χ1v) is 7.75. The van der Waals surface area contributed by atoms with Gasteiger partial charge < -0.3 is 9.55 Å². The molecule has 4 rings (SSSR count). The third-order valence-electron chi connectivity index (χ3n) is 3.90. The Kier molecular flexibility index (Phi) is 3.63. The Hall–Kier alpha value is -3.67. The first kappa shape index (κ1) is 14.9. The van der Waals surface area contributed by atoms with Crippen LogP contribution in [0.25, 0.3) is 16.6 Å². The minimum atomic E-state index is -0.572. The van der Waals surface area contributed by atoms with Crippen LogP contribution in [0.1, 0.15) is 5.69 Å². The maximum atomic E-state index is 12.5. The average molecular weight is 330 g/mol. The zero-order chi connectivity index (χ0) is 17.2. The standard InChI is InChI=1S/C19H14N4O2/c24-18-16-10-4-5-11-17(16)21-19(25)23(18)20-13-15-9-6-12-22(15)14-7-2-1-3-8-14/h1-13H,(H,21,25). The highest BCUT2D eigenvalue weighted by molar-refractivity contribution is 5.79. The van der Waals surface area contributed by atoms with Gasteiger partial charge in [-0.05, 0) is 36.4 Å². The molecular weight excluding hydrogens is 316 g/mol. The summed E-state index contributed by atoms with van der Waals surface area (Å²) in [7, 11) is 0. The molecule has 0 atom stereocenters. The Morgan fingerprint density at radius 3 is 2.48 bits per heavy atom. The molecule has 0 saturated heterocycles. The van der Waals surface area contributed by atoms with E-state index in [1.165, 1.54) is 6.21 Å². The molecule has 6 nitrogen and oxygen atoms in total. The maximum absolute atomic E-state index is 12.5. The van der Waals surface area contributed by atoms with Gasteiger partial charge in [0.15, 0.2) is 0 Å². The summed E-state index contributed by atoms with van der Waals surface area (Å²) in [6, 6.07) is 20.3. The summed E-state index contributed by atoms with van der Waals surface area (Å²) in [4.78, 5) is 27.3. The van der Waals surface area contributed by atoms with Crippen LogP contribution in [-0.2, 0) is 0 Å². The highest BCUT2D eigenvalue weighted by Crippen LogP contribution is 2.10. The molecule has 2 aromatic heterocycles. The molecular formula is C19H14N4O2. The van der Waals surface area contributed by atoms with E-state index in [9.17, 15) is 9.59 Å². The summed E-state index contributed by atoms with van der Waals surface area (Å²) in [6.07, 6.45) is 3.39. The summed E-state index contributed by atoms with van der Waals surface area (Å²) < 4.78 is 2.76. The Bertz CT molecular complexity index is 1180. The molecule has 0 spiro atoms. The predicted molar refractivity (Wildman–Crippen MR) is 97.6 cm³/mol. The monoisotopic (exact) mass is 330 g/mol. The smallest absolute Gasteiger partial charge is 0.316 e. The molecule has 0 saturated carbocycles. The van der Waals surface area contributed by atoms with Crippen molar-refractivity contribution in [2.45, 2.75) is 0 Å². The molecule has 0 aliphatic rings. The largest absolute Gasteiger partial charge is 0.349 e. The minimum Gasteiger partial charge on any atom is -0.316 e. The Morgan fingerprint density at radius 2 is 1.64 bits per heavy atom. The third-order valence-corrected chi connectivity index (χ3v) is 3.90. The number of para-hydroxylation sites is 2. The summed E-state index contributed by atoms with van der Waals surface area (Å²) in [5.41, 5.74) is 1.20. The number of fused-ring (bicyclic) bond motifs is 1. The summed E-state index contributed by atoms with van der Waals surface area (Å²) in [6.45, 7) is 0. The lowest BCUT2D eigenvalue weighted by Gasteiger charge is -2.05. The van der Waals surface area contributed by atoms with Gasteiger partial charge in [0.05, 0.1) is 22.8 Å². The van der Waals surface area contributed by atoms with E-state index in [4.69, 9.17) is 0 Å². The van der Waals surface area contributed by atoms with Gasteiger partial charge in [-0.3, -0.25) is 4.79 Å². The van der Waals surface area contributed by atoms with Gasteiger partial charge >= 0.3 is 5.69 Å². The molecule has 0 amide bonds. The number of benzene rings is 2. The molecule has 2 aromatic carbocycles. The molecule has 1 N–H and O–H groups in total. The van der Waals surface area contributed by atoms with Gasteiger partial charge in [0.1, 0.15) is 0 Å². The van der Waals surface area contributed by atoms with Crippen LogP contribution in [0.3, 0.4) is 0 Å². The van der Waals surface area contributed by atoms with Gasteiger partial charge in [0.25, 0.3) is 5.56 Å². The van der Waals surface area contributed by atoms with E-state index >= 15 is 0 Å². The second-order valence-corrected chi connectivity index (χ2v) is 5.48. The molecule has 6 heteroatoms. The molecule has 4 aromatic rings. The van der Waals surface area contributed by atoms with E-state index in [0.717, 1.165) is 16.1 Å². The van der Waals surface area contributed by atoms with Crippen molar-refractivity contribution in [1.29, 1.82) is 0 Å². The summed E-state index contributed by atoms with van der Waals surface area (Å²) in [5, 5.41) is 4.51. The third kappa shape index (κ3) is 2.70. The SMILES string of the molecule is O=c1[nH]c2ccccc2c(=O)n1N=Cc1cccn1-c1ccccc1. The number of hydrogen-bond donors (Lipinski definition) is 1. The van der Waals surface area contributed by atoms with Crippen molar-refractivity contribution >= 4 is 17.1 Å². The highest BCUT2D eigenvalue weighted by Gasteiger charge is 2.06. The van der Waals surface area contributed by atoms with Crippen LogP contribution in [0.15, 0.2) is 87.6 Å². The predicted octanol–water partition coefficient (Wildman–Crippen LogP) is 2.36. The quantitative estimate of drug-likeness (QED) is 0.586. The van der Waals surface area contributed by atoms with Crippen LogP contribution in [-0.4, -0.2) is 20.4 Å². The number of rotatable bonds is 3. The van der Waals surface area contributed by atoms with Crippen LogP contribution >= 0.6 is 0 Å². The van der Waals surface area contributed by atoms with Crippen molar-refractivity contribution in [3.63, 3.8) is 0 Å². The van der Waals surface area contributed by atoms with Crippen LogP contribution in [0.2, 0.25) is 0 Å². The Labute approximate surface area is 142 Å². The molecule has 0 bridgehead atoms. The fraction of sp³-hybridized carbons (Fsp3) is 0. The second-order valence-electron chi connectivity index (χ2n) is 5.48. The molecule has 0 fully saturated rings. The van der Waals surface area contributed by atoms with Crippen molar-refractivity contribution < 1.29 is 0 Å². The average Bonchev–Trinajstić information content (AvgIpc) is 3.11. The number of aromatic nitrogens is 3. The van der Waals surface area contributed by atoms with Crippen molar-refractivity contribution in [3.8, 4) is 5.69 Å². The molecule has 0 aliphatic carbocycles. The van der Waals surface area contributed by atoms with E-state index in [2.05, 4.69) is 10.1 Å². The lowest BCUT2D eigenvalue weighted by Crippen LogP contribution is -2.32. The first-order valence-electron chi connectivity index (χ1n) is 7.75. The first-order chi connectivity index (χ1) is 12.2. The van der Waals surface area contributed by atoms with Gasteiger partial charge in [-0.1, -0.05) is 30.3 Å². The van der Waals surface area contributed by atoms with E-state index in [1.807, 2.05) is 53.2 Å². The van der Waals surface area contributed by atoms with Crippen molar-refractivity contribution in [2.24, 2.45) is 5.10 Å². The van der Waals surface area contributed by atoms with Gasteiger partial charge in [-0.2, -0.15) is 5.10 Å². The summed E-state index contributed by atoms with van der Waals surface area (Å²) >= 11 is 0. The molecule has 0 radical (unpaired) electrons. The Morgan fingerprint density at radius 1 is 0.880 bits per heavy atom. The minimum absolute atomic E-state index is 0.415. The fourth-order valence-electron chi connectivity index (χ4n) is 2.70. The van der Waals surface area contributed by atoms with Gasteiger partial charge in [-0.15, -0.1) is 4.68 Å². The highest BCUT2D eigenvalue weighted by atomic mass is 16.2. The van der Waals surface area contributed by atoms with Crippen molar-refractivity contribution in [2.75, 3.05) is 0 Å². The van der Waals surface area contributed by atoms with E-state index in [0.29, 0.717) is 10.9 Å². The van der Waals surface area contributed by atoms with Gasteiger partial charge in [0, 0.05) is 11.9 Å².